The fraction of sp³-hybridized carbons (Fsp3) is 0.115. The quantitative estimate of drug-likeness (QED) is 0.319. The van der Waals surface area contributed by atoms with E-state index in [0.717, 1.165) is 11.4 Å². The Bertz CT molecular complexity index is 1190. The fourth-order valence-electron chi connectivity index (χ4n) is 4.02. The van der Waals surface area contributed by atoms with Crippen molar-refractivity contribution in [2.45, 2.75) is 10.9 Å². The Morgan fingerprint density at radius 1 is 0.800 bits per heavy atom. The Hall–Kier alpha value is -3.07. The first-order valence-corrected chi connectivity index (χ1v) is 11.8. The van der Waals surface area contributed by atoms with E-state index in [1.54, 1.807) is 7.11 Å². The predicted molar refractivity (Wildman–Crippen MR) is 123 cm³/mol. The Labute approximate surface area is 182 Å². The molecular weight excluding hydrogens is 437 g/mol. The van der Waals surface area contributed by atoms with Crippen LogP contribution in [0.25, 0.3) is 10.8 Å². The maximum atomic E-state index is 13.4. The van der Waals surface area contributed by atoms with Crippen molar-refractivity contribution in [2.24, 2.45) is 0 Å². The number of methoxy groups -OCH3 is 1. The third-order valence-electron chi connectivity index (χ3n) is 5.54. The van der Waals surface area contributed by atoms with Crippen LogP contribution in [0.15, 0.2) is 97.1 Å². The van der Waals surface area contributed by atoms with Crippen LogP contribution < -0.4 is 14.1 Å². The summed E-state index contributed by atoms with van der Waals surface area (Å²) < 4.78 is 6.57. The van der Waals surface area contributed by atoms with Crippen molar-refractivity contribution >= 4 is 41.8 Å². The Kier molecular flexibility index (Phi) is 5.04. The van der Waals surface area contributed by atoms with Crippen LogP contribution in [0.4, 0.5) is 5.69 Å². The molecule has 5 rings (SSSR count). The number of amides is 1. The van der Waals surface area contributed by atoms with Gasteiger partial charge in [0.05, 0.1) is 0 Å². The summed E-state index contributed by atoms with van der Waals surface area (Å²) in [6.45, 7) is 0. The molecule has 1 aliphatic heterocycles. The molecule has 4 aromatic carbocycles. The molecule has 0 radical (unpaired) electrons. The van der Waals surface area contributed by atoms with Crippen LogP contribution in [0, 0.1) is 0 Å². The standard InChI is InChI=1S/C26H21NO2Se/c1-29-21-16-14-20(15-17-21)27-24(19-9-3-2-4-10-19)25(26(27)28)30-23-13-7-11-18-8-5-6-12-22(18)23/h2-17,24-25H,1H3/t24-,25-/m1/s1. The SMILES string of the molecule is COc1ccc(N2C(=O)[C@H]([Se]c3cccc4ccccc34)[C@H]2c2ccccc2)cc1. The maximum absolute atomic E-state index is 13.4. The van der Waals surface area contributed by atoms with Gasteiger partial charge in [0.15, 0.2) is 0 Å². The number of nitrogens with zero attached hydrogens (tertiary/aromatic N) is 1. The molecule has 0 saturated carbocycles. The number of hydrogen-bond donors (Lipinski definition) is 0. The summed E-state index contributed by atoms with van der Waals surface area (Å²) in [4.78, 5) is 15.3. The molecular formula is C26H21NO2Se. The van der Waals surface area contributed by atoms with Crippen LogP contribution in [-0.2, 0) is 4.79 Å². The molecule has 3 nitrogen and oxygen atoms in total. The summed E-state index contributed by atoms with van der Waals surface area (Å²) in [6, 6.07) is 33.0. The van der Waals surface area contributed by atoms with Gasteiger partial charge in [0.2, 0.25) is 0 Å². The van der Waals surface area contributed by atoms with E-state index in [1.165, 1.54) is 20.8 Å². The first-order valence-electron chi connectivity index (χ1n) is 9.93. The number of hydrogen-bond acceptors (Lipinski definition) is 2. The van der Waals surface area contributed by atoms with Crippen molar-refractivity contribution in [3.8, 4) is 5.75 Å². The van der Waals surface area contributed by atoms with Crippen LogP contribution in [0.3, 0.4) is 0 Å². The van der Waals surface area contributed by atoms with Gasteiger partial charge in [-0.1, -0.05) is 0 Å². The van der Waals surface area contributed by atoms with Gasteiger partial charge in [-0.15, -0.1) is 0 Å². The van der Waals surface area contributed by atoms with Gasteiger partial charge in [-0.05, 0) is 0 Å². The number of fused-ring (bicyclic) bond motifs is 1. The first-order chi connectivity index (χ1) is 14.8. The zero-order chi connectivity index (χ0) is 20.5. The third kappa shape index (κ3) is 3.28. The third-order valence-corrected chi connectivity index (χ3v) is 8.32. The van der Waals surface area contributed by atoms with Crippen LogP contribution in [-0.4, -0.2) is 28.0 Å². The monoisotopic (exact) mass is 459 g/mol. The second kappa shape index (κ2) is 7.98. The fourth-order valence-corrected chi connectivity index (χ4v) is 6.88. The van der Waals surface area contributed by atoms with Crippen LogP contribution >= 0.6 is 0 Å². The summed E-state index contributed by atoms with van der Waals surface area (Å²) in [7, 11) is 1.65. The molecule has 4 heteroatoms. The Morgan fingerprint density at radius 2 is 1.50 bits per heavy atom. The van der Waals surface area contributed by atoms with Crippen molar-refractivity contribution in [1.29, 1.82) is 0 Å². The summed E-state index contributed by atoms with van der Waals surface area (Å²) in [5.74, 6) is 0.987. The zero-order valence-electron chi connectivity index (χ0n) is 16.6. The summed E-state index contributed by atoms with van der Waals surface area (Å²) in [5.41, 5.74) is 2.10. The van der Waals surface area contributed by atoms with E-state index in [1.807, 2.05) is 47.4 Å². The second-order valence-electron chi connectivity index (χ2n) is 7.28. The van der Waals surface area contributed by atoms with Gasteiger partial charge in [0.1, 0.15) is 0 Å². The second-order valence-corrected chi connectivity index (χ2v) is 9.76. The number of β-lactam (4-membered cyclic amide) rings is 1. The van der Waals surface area contributed by atoms with Gasteiger partial charge >= 0.3 is 183 Å². The first kappa shape index (κ1) is 18.9. The molecule has 0 aromatic heterocycles. The van der Waals surface area contributed by atoms with E-state index in [4.69, 9.17) is 4.74 Å². The summed E-state index contributed by atoms with van der Waals surface area (Å²) in [6.07, 6.45) is 0. The van der Waals surface area contributed by atoms with Crippen molar-refractivity contribution in [1.82, 2.24) is 0 Å². The van der Waals surface area contributed by atoms with E-state index in [2.05, 4.69) is 54.6 Å². The molecule has 148 valence electrons. The van der Waals surface area contributed by atoms with Crippen LogP contribution in [0.1, 0.15) is 11.6 Å². The number of benzene rings is 4. The Morgan fingerprint density at radius 3 is 2.27 bits per heavy atom. The number of ether oxygens (including phenoxy) is 1. The molecule has 0 bridgehead atoms. The minimum atomic E-state index is -0.0205. The minimum absolute atomic E-state index is 0.0205. The van der Waals surface area contributed by atoms with Crippen LogP contribution in [0.2, 0.25) is 4.82 Å². The van der Waals surface area contributed by atoms with E-state index in [9.17, 15) is 4.79 Å². The molecule has 4 aromatic rings. The van der Waals surface area contributed by atoms with Crippen molar-refractivity contribution < 1.29 is 9.53 Å². The predicted octanol–water partition coefficient (Wildman–Crippen LogP) is 4.75. The molecule has 1 saturated heterocycles. The number of carbonyl (C=O) groups is 1. The van der Waals surface area contributed by atoms with Crippen molar-refractivity contribution in [3.05, 3.63) is 103 Å². The molecule has 1 fully saturated rings. The summed E-state index contributed by atoms with van der Waals surface area (Å²) >= 11 is 0.0292. The molecule has 30 heavy (non-hydrogen) atoms. The van der Waals surface area contributed by atoms with Gasteiger partial charge in [-0.2, -0.15) is 0 Å². The number of carbonyl (C=O) groups excluding carboxylic acids is 1. The molecule has 0 unspecified atom stereocenters. The molecule has 0 N–H and O–H groups in total. The molecule has 0 spiro atoms. The van der Waals surface area contributed by atoms with Gasteiger partial charge in [-0.25, -0.2) is 0 Å². The molecule has 2 atom stereocenters. The average Bonchev–Trinajstić information content (AvgIpc) is 2.81. The average molecular weight is 458 g/mol. The molecule has 1 heterocycles. The number of anilines is 1. The van der Waals surface area contributed by atoms with E-state index >= 15 is 0 Å². The van der Waals surface area contributed by atoms with Gasteiger partial charge < -0.3 is 0 Å². The van der Waals surface area contributed by atoms with E-state index in [-0.39, 0.29) is 31.7 Å². The normalized spacial score (nSPS) is 18.3. The van der Waals surface area contributed by atoms with E-state index in [0.29, 0.717) is 0 Å². The molecule has 1 aliphatic rings. The van der Waals surface area contributed by atoms with Gasteiger partial charge in [0.25, 0.3) is 0 Å². The molecule has 1 amide bonds. The van der Waals surface area contributed by atoms with Gasteiger partial charge in [-0.3, -0.25) is 0 Å². The Balaban J connectivity index is 1.52. The van der Waals surface area contributed by atoms with Gasteiger partial charge in [0, 0.05) is 0 Å². The van der Waals surface area contributed by atoms with Crippen LogP contribution in [0.5, 0.6) is 5.75 Å². The summed E-state index contributed by atoms with van der Waals surface area (Å²) in [5, 5.41) is 2.48. The zero-order valence-corrected chi connectivity index (χ0v) is 18.3. The number of rotatable bonds is 5. The van der Waals surface area contributed by atoms with Crippen molar-refractivity contribution in [3.63, 3.8) is 0 Å². The topological polar surface area (TPSA) is 29.5 Å². The molecule has 0 aliphatic carbocycles. The van der Waals surface area contributed by atoms with Crippen molar-refractivity contribution in [2.75, 3.05) is 12.0 Å². The van der Waals surface area contributed by atoms with E-state index < -0.39 is 0 Å².